The Hall–Kier alpha value is -2.22. The molecule has 134 valence electrons. The molecule has 2 unspecified atom stereocenters. The molecule has 0 aromatic carbocycles. The van der Waals surface area contributed by atoms with Crippen LogP contribution in [0.1, 0.15) is 27.7 Å². The lowest BCUT2D eigenvalue weighted by atomic mass is 9.94. The smallest absolute Gasteiger partial charge is 0.319 e. The number of hydrogen-bond donors (Lipinski definition) is 0. The Morgan fingerprint density at radius 1 is 1.04 bits per heavy atom. The molecule has 8 nitrogen and oxygen atoms in total. The topological polar surface area (TPSA) is 105 Å². The molecule has 0 amide bonds. The van der Waals surface area contributed by atoms with Gasteiger partial charge < -0.3 is 18.9 Å². The lowest BCUT2D eigenvalue weighted by Gasteiger charge is -2.33. The van der Waals surface area contributed by atoms with Crippen LogP contribution in [0.5, 0.6) is 0 Å². The van der Waals surface area contributed by atoms with Crippen LogP contribution in [0.4, 0.5) is 0 Å². The van der Waals surface area contributed by atoms with Gasteiger partial charge in [0.25, 0.3) is 0 Å². The second-order valence-corrected chi connectivity index (χ2v) is 5.24. The molecule has 4 atom stereocenters. The van der Waals surface area contributed by atoms with E-state index >= 15 is 0 Å². The van der Waals surface area contributed by atoms with E-state index in [-0.39, 0.29) is 13.2 Å². The third-order valence-corrected chi connectivity index (χ3v) is 3.25. The van der Waals surface area contributed by atoms with Gasteiger partial charge in [0.2, 0.25) is 0 Å². The van der Waals surface area contributed by atoms with Gasteiger partial charge in [0.15, 0.2) is 0 Å². The molecule has 0 aliphatic carbocycles. The van der Waals surface area contributed by atoms with Gasteiger partial charge in [-0.2, -0.15) is 0 Å². The summed E-state index contributed by atoms with van der Waals surface area (Å²) in [5.74, 6) is -3.32. The number of Topliss-reactive ketones (excluding diaryl/α,β-unsaturated/α-hetero) is 1. The Morgan fingerprint density at radius 2 is 1.71 bits per heavy atom. The third kappa shape index (κ3) is 5.77. The van der Waals surface area contributed by atoms with Gasteiger partial charge in [-0.25, -0.2) is 0 Å². The molecule has 0 spiro atoms. The quantitative estimate of drug-likeness (QED) is 0.286. The molecule has 1 rings (SSSR count). The van der Waals surface area contributed by atoms with Crippen molar-refractivity contribution < 1.29 is 38.1 Å². The molecule has 1 heterocycles. The molecule has 0 saturated carbocycles. The van der Waals surface area contributed by atoms with Crippen LogP contribution in [0.15, 0.2) is 12.2 Å². The molecule has 1 aliphatic rings. The first kappa shape index (κ1) is 19.8. The van der Waals surface area contributed by atoms with Gasteiger partial charge in [-0.15, -0.1) is 0 Å². The lowest BCUT2D eigenvalue weighted by Crippen LogP contribution is -2.46. The summed E-state index contributed by atoms with van der Waals surface area (Å²) in [6.07, 6.45) is 0.477. The number of carbonyl (C=O) groups is 4. The van der Waals surface area contributed by atoms with Crippen molar-refractivity contribution >= 4 is 23.7 Å². The van der Waals surface area contributed by atoms with E-state index in [4.69, 9.17) is 18.9 Å². The van der Waals surface area contributed by atoms with Gasteiger partial charge >= 0.3 is 17.9 Å². The number of ether oxygens (including phenoxy) is 4. The molecule has 0 aromatic rings. The van der Waals surface area contributed by atoms with Crippen LogP contribution >= 0.6 is 0 Å². The number of rotatable bonds is 7. The standard InChI is InChI=1S/C16H22O8/c1-5-21-16(20)15(9(2)17)13-7-6-12(23-11(4)19)14(24-13)8-22-10(3)18/h6-7,12-15H,5,8H2,1-4H3/t12-,13?,14+,15?/m0/s1. The van der Waals surface area contributed by atoms with E-state index in [2.05, 4.69) is 0 Å². The summed E-state index contributed by atoms with van der Waals surface area (Å²) < 4.78 is 20.6. The normalized spacial score (nSPS) is 23.9. The lowest BCUT2D eigenvalue weighted by molar-refractivity contribution is -0.174. The fraction of sp³-hybridized carbons (Fsp3) is 0.625. The Balaban J connectivity index is 2.96. The third-order valence-electron chi connectivity index (χ3n) is 3.25. The summed E-state index contributed by atoms with van der Waals surface area (Å²) in [4.78, 5) is 46.0. The average molecular weight is 342 g/mol. The largest absolute Gasteiger partial charge is 0.465 e. The van der Waals surface area contributed by atoms with Gasteiger partial charge in [0.1, 0.15) is 30.5 Å². The van der Waals surface area contributed by atoms with Crippen molar-refractivity contribution in [1.29, 1.82) is 0 Å². The second-order valence-electron chi connectivity index (χ2n) is 5.24. The van der Waals surface area contributed by atoms with Crippen molar-refractivity contribution in [3.8, 4) is 0 Å². The molecule has 0 bridgehead atoms. The molecule has 0 aromatic heterocycles. The fourth-order valence-corrected chi connectivity index (χ4v) is 2.26. The van der Waals surface area contributed by atoms with Crippen molar-refractivity contribution in [2.75, 3.05) is 13.2 Å². The van der Waals surface area contributed by atoms with Crippen molar-refractivity contribution in [2.45, 2.75) is 46.0 Å². The van der Waals surface area contributed by atoms with E-state index in [9.17, 15) is 19.2 Å². The van der Waals surface area contributed by atoms with Crippen LogP contribution in [0.2, 0.25) is 0 Å². The minimum Gasteiger partial charge on any atom is -0.465 e. The minimum atomic E-state index is -1.14. The zero-order valence-electron chi connectivity index (χ0n) is 14.1. The number of ketones is 1. The number of carbonyl (C=O) groups excluding carboxylic acids is 4. The summed E-state index contributed by atoms with van der Waals surface area (Å²) in [5, 5.41) is 0. The SMILES string of the molecule is CCOC(=O)C(C(C)=O)C1C=C[C@H](OC(C)=O)[C@@H](COC(C)=O)O1. The molecule has 0 saturated heterocycles. The van der Waals surface area contributed by atoms with E-state index in [0.717, 1.165) is 0 Å². The summed E-state index contributed by atoms with van der Waals surface area (Å²) in [5.41, 5.74) is 0. The summed E-state index contributed by atoms with van der Waals surface area (Å²) in [7, 11) is 0. The second kappa shape index (κ2) is 9.17. The maximum absolute atomic E-state index is 12.0. The van der Waals surface area contributed by atoms with Crippen LogP contribution < -0.4 is 0 Å². The van der Waals surface area contributed by atoms with Crippen LogP contribution in [-0.4, -0.2) is 55.2 Å². The number of hydrogen-bond acceptors (Lipinski definition) is 8. The summed E-state index contributed by atoms with van der Waals surface area (Å²) >= 11 is 0. The Bertz CT molecular complexity index is 524. The van der Waals surface area contributed by atoms with Gasteiger partial charge in [0, 0.05) is 13.8 Å². The van der Waals surface area contributed by atoms with E-state index in [1.54, 1.807) is 6.92 Å². The molecule has 0 radical (unpaired) electrons. The van der Waals surface area contributed by atoms with Crippen LogP contribution in [-0.2, 0) is 38.1 Å². The maximum atomic E-state index is 12.0. The van der Waals surface area contributed by atoms with Crippen LogP contribution in [0, 0.1) is 5.92 Å². The highest BCUT2D eigenvalue weighted by Crippen LogP contribution is 2.23. The molecular formula is C16H22O8. The zero-order valence-corrected chi connectivity index (χ0v) is 14.1. The number of esters is 3. The highest BCUT2D eigenvalue weighted by Gasteiger charge is 2.39. The Kier molecular flexibility index (Phi) is 7.57. The maximum Gasteiger partial charge on any atom is 0.319 e. The molecule has 0 fully saturated rings. The highest BCUT2D eigenvalue weighted by molar-refractivity contribution is 5.98. The van der Waals surface area contributed by atoms with Crippen molar-refractivity contribution in [3.63, 3.8) is 0 Å². The van der Waals surface area contributed by atoms with Crippen molar-refractivity contribution in [2.24, 2.45) is 5.92 Å². The molecular weight excluding hydrogens is 320 g/mol. The predicted molar refractivity (Wildman–Crippen MR) is 80.8 cm³/mol. The Labute approximate surface area is 140 Å². The predicted octanol–water partition coefficient (Wildman–Crippen LogP) is 0.573. The van der Waals surface area contributed by atoms with Gasteiger partial charge in [-0.3, -0.25) is 19.2 Å². The Morgan fingerprint density at radius 3 is 2.21 bits per heavy atom. The molecule has 8 heteroatoms. The van der Waals surface area contributed by atoms with Crippen molar-refractivity contribution in [1.82, 2.24) is 0 Å². The van der Waals surface area contributed by atoms with Gasteiger partial charge in [0.05, 0.1) is 12.7 Å². The minimum absolute atomic E-state index is 0.131. The first-order valence-corrected chi connectivity index (χ1v) is 7.57. The molecule has 0 N–H and O–H groups in total. The summed E-state index contributed by atoms with van der Waals surface area (Å²) in [6.45, 7) is 5.31. The summed E-state index contributed by atoms with van der Waals surface area (Å²) in [6, 6.07) is 0. The highest BCUT2D eigenvalue weighted by atomic mass is 16.6. The fourth-order valence-electron chi connectivity index (χ4n) is 2.26. The van der Waals surface area contributed by atoms with E-state index in [0.29, 0.717) is 0 Å². The van der Waals surface area contributed by atoms with Crippen molar-refractivity contribution in [3.05, 3.63) is 12.2 Å². The molecule has 1 aliphatic heterocycles. The van der Waals surface area contributed by atoms with Crippen LogP contribution in [0.25, 0.3) is 0 Å². The van der Waals surface area contributed by atoms with E-state index in [1.165, 1.54) is 32.9 Å². The van der Waals surface area contributed by atoms with Gasteiger partial charge in [-0.05, 0) is 19.9 Å². The average Bonchev–Trinajstić information content (AvgIpc) is 2.46. The van der Waals surface area contributed by atoms with E-state index < -0.39 is 47.9 Å². The van der Waals surface area contributed by atoms with Gasteiger partial charge in [-0.1, -0.05) is 6.08 Å². The molecule has 24 heavy (non-hydrogen) atoms. The zero-order chi connectivity index (χ0) is 18.3. The van der Waals surface area contributed by atoms with Crippen LogP contribution in [0.3, 0.4) is 0 Å². The monoisotopic (exact) mass is 342 g/mol. The van der Waals surface area contributed by atoms with E-state index in [1.807, 2.05) is 0 Å². The first-order valence-electron chi connectivity index (χ1n) is 7.57. The first-order chi connectivity index (χ1) is 11.3.